The van der Waals surface area contributed by atoms with E-state index in [1.54, 1.807) is 32.4 Å². The lowest BCUT2D eigenvalue weighted by atomic mass is 10.2. The lowest BCUT2D eigenvalue weighted by molar-refractivity contribution is 0.0929. The Labute approximate surface area is 176 Å². The van der Waals surface area contributed by atoms with Crippen molar-refractivity contribution < 1.29 is 23.4 Å². The highest BCUT2D eigenvalue weighted by molar-refractivity contribution is 9.10. The first-order valence-electron chi connectivity index (χ1n) is 8.87. The number of amides is 1. The van der Waals surface area contributed by atoms with E-state index in [0.717, 1.165) is 15.4 Å². The number of hydrogen-bond donors (Lipinski definition) is 1. The number of ether oxygens (including phenoxy) is 3. The number of carbonyl (C=O) groups is 1. The van der Waals surface area contributed by atoms with Crippen LogP contribution in [0.5, 0.6) is 17.2 Å². The molecule has 0 aliphatic carbocycles. The SMILES string of the molecule is COc1cc(/C=N\NC(=O)c2cc3cccc(OC)c3o2)cc(Br)c1OC(C)C. The second kappa shape index (κ2) is 9.00. The average Bonchev–Trinajstić information content (AvgIpc) is 3.14. The maximum Gasteiger partial charge on any atom is 0.307 e. The van der Waals surface area contributed by atoms with Crippen LogP contribution in [0.15, 0.2) is 50.4 Å². The van der Waals surface area contributed by atoms with Crippen molar-refractivity contribution in [3.8, 4) is 17.2 Å². The van der Waals surface area contributed by atoms with Crippen LogP contribution >= 0.6 is 15.9 Å². The molecule has 0 aliphatic rings. The number of rotatable bonds is 7. The third-order valence-electron chi connectivity index (χ3n) is 3.94. The van der Waals surface area contributed by atoms with Gasteiger partial charge < -0.3 is 18.6 Å². The Morgan fingerprint density at radius 2 is 1.93 bits per heavy atom. The Hall–Kier alpha value is -3.00. The molecule has 0 unspecified atom stereocenters. The van der Waals surface area contributed by atoms with Crippen molar-refractivity contribution in [3.05, 3.63) is 52.2 Å². The van der Waals surface area contributed by atoms with E-state index in [4.69, 9.17) is 18.6 Å². The normalized spacial score (nSPS) is 11.2. The van der Waals surface area contributed by atoms with Crippen molar-refractivity contribution in [2.45, 2.75) is 20.0 Å². The fourth-order valence-electron chi connectivity index (χ4n) is 2.69. The summed E-state index contributed by atoms with van der Waals surface area (Å²) in [6.07, 6.45) is 1.51. The van der Waals surface area contributed by atoms with E-state index in [9.17, 15) is 4.79 Å². The van der Waals surface area contributed by atoms with Gasteiger partial charge in [0, 0.05) is 5.39 Å². The molecule has 1 heterocycles. The van der Waals surface area contributed by atoms with Crippen LogP contribution in [-0.4, -0.2) is 32.4 Å². The number of furan rings is 1. The molecular weight excluding hydrogens is 440 g/mol. The number of nitrogens with zero attached hydrogens (tertiary/aromatic N) is 1. The molecule has 1 amide bonds. The first kappa shape index (κ1) is 20.7. The van der Waals surface area contributed by atoms with E-state index >= 15 is 0 Å². The van der Waals surface area contributed by atoms with Gasteiger partial charge in [0.2, 0.25) is 0 Å². The van der Waals surface area contributed by atoms with Crippen molar-refractivity contribution in [2.75, 3.05) is 14.2 Å². The Morgan fingerprint density at radius 1 is 1.17 bits per heavy atom. The molecule has 3 aromatic rings. The quantitative estimate of drug-likeness (QED) is 0.405. The molecule has 0 atom stereocenters. The standard InChI is InChI=1S/C21H21BrN2O5/c1-12(2)28-20-15(22)8-13(9-17(20)27-4)11-23-24-21(25)18-10-14-6-5-7-16(26-3)19(14)29-18/h5-12H,1-4H3,(H,24,25)/b23-11-. The first-order valence-corrected chi connectivity index (χ1v) is 9.66. The van der Waals surface area contributed by atoms with E-state index in [1.165, 1.54) is 6.21 Å². The minimum atomic E-state index is -0.467. The molecule has 0 fully saturated rings. The van der Waals surface area contributed by atoms with Crippen molar-refractivity contribution in [1.29, 1.82) is 0 Å². The van der Waals surface area contributed by atoms with Gasteiger partial charge in [0.1, 0.15) is 0 Å². The molecule has 29 heavy (non-hydrogen) atoms. The fourth-order valence-corrected chi connectivity index (χ4v) is 3.25. The van der Waals surface area contributed by atoms with Crippen LogP contribution in [0.1, 0.15) is 30.0 Å². The van der Waals surface area contributed by atoms with Crippen molar-refractivity contribution >= 4 is 39.0 Å². The van der Waals surface area contributed by atoms with Crippen molar-refractivity contribution in [3.63, 3.8) is 0 Å². The van der Waals surface area contributed by atoms with Crippen molar-refractivity contribution in [2.24, 2.45) is 5.10 Å². The van der Waals surface area contributed by atoms with Gasteiger partial charge in [-0.2, -0.15) is 5.10 Å². The number of para-hydroxylation sites is 1. The number of carbonyl (C=O) groups excluding carboxylic acids is 1. The second-order valence-corrected chi connectivity index (χ2v) is 7.24. The number of hydrazone groups is 1. The van der Waals surface area contributed by atoms with Gasteiger partial charge in [0.25, 0.3) is 0 Å². The summed E-state index contributed by atoms with van der Waals surface area (Å²) in [7, 11) is 3.11. The Morgan fingerprint density at radius 3 is 2.62 bits per heavy atom. The largest absolute Gasteiger partial charge is 0.493 e. The molecular formula is C21H21BrN2O5. The molecule has 2 aromatic carbocycles. The van der Waals surface area contributed by atoms with Crippen LogP contribution in [0.25, 0.3) is 11.0 Å². The predicted molar refractivity (Wildman–Crippen MR) is 114 cm³/mol. The van der Waals surface area contributed by atoms with Gasteiger partial charge in [-0.1, -0.05) is 12.1 Å². The maximum absolute atomic E-state index is 12.4. The van der Waals surface area contributed by atoms with Gasteiger partial charge in [-0.05, 0) is 59.6 Å². The number of halogens is 1. The molecule has 8 heteroatoms. The van der Waals surface area contributed by atoms with Gasteiger partial charge in [-0.25, -0.2) is 5.43 Å². The van der Waals surface area contributed by atoms with Crippen LogP contribution in [0.3, 0.4) is 0 Å². The molecule has 0 saturated carbocycles. The van der Waals surface area contributed by atoms with E-state index in [2.05, 4.69) is 26.5 Å². The number of nitrogens with one attached hydrogen (secondary N) is 1. The summed E-state index contributed by atoms with van der Waals surface area (Å²) in [5, 5.41) is 4.78. The maximum atomic E-state index is 12.4. The van der Waals surface area contributed by atoms with E-state index in [-0.39, 0.29) is 11.9 Å². The van der Waals surface area contributed by atoms with Gasteiger partial charge in [0.05, 0.1) is 31.0 Å². The summed E-state index contributed by atoms with van der Waals surface area (Å²) >= 11 is 3.48. The predicted octanol–water partition coefficient (Wildman–Crippen LogP) is 4.76. The number of hydrogen-bond acceptors (Lipinski definition) is 6. The van der Waals surface area contributed by atoms with Crippen LogP contribution in [0.2, 0.25) is 0 Å². The molecule has 0 radical (unpaired) electrons. The molecule has 7 nitrogen and oxygen atoms in total. The molecule has 1 N–H and O–H groups in total. The summed E-state index contributed by atoms with van der Waals surface area (Å²) in [5.41, 5.74) is 3.69. The molecule has 0 spiro atoms. The van der Waals surface area contributed by atoms with Gasteiger partial charge >= 0.3 is 5.91 Å². The Bertz CT molecular complexity index is 1060. The molecule has 0 saturated heterocycles. The summed E-state index contributed by atoms with van der Waals surface area (Å²) < 4.78 is 22.7. The minimum absolute atomic E-state index is 0.00133. The topological polar surface area (TPSA) is 82.3 Å². The zero-order chi connectivity index (χ0) is 21.0. The number of benzene rings is 2. The zero-order valence-corrected chi connectivity index (χ0v) is 18.1. The van der Waals surface area contributed by atoms with E-state index < -0.39 is 5.91 Å². The van der Waals surface area contributed by atoms with E-state index in [1.807, 2.05) is 32.0 Å². The monoisotopic (exact) mass is 460 g/mol. The summed E-state index contributed by atoms with van der Waals surface area (Å²) in [6, 6.07) is 10.7. The summed E-state index contributed by atoms with van der Waals surface area (Å²) in [6.45, 7) is 3.87. The molecule has 1 aromatic heterocycles. The molecule has 0 bridgehead atoms. The first-order chi connectivity index (χ1) is 13.9. The van der Waals surface area contributed by atoms with Crippen molar-refractivity contribution in [1.82, 2.24) is 5.43 Å². The van der Waals surface area contributed by atoms with Crippen LogP contribution < -0.4 is 19.6 Å². The van der Waals surface area contributed by atoms with Gasteiger partial charge in [-0.3, -0.25) is 4.79 Å². The van der Waals surface area contributed by atoms with Crippen LogP contribution in [-0.2, 0) is 0 Å². The van der Waals surface area contributed by atoms with Gasteiger partial charge in [-0.15, -0.1) is 0 Å². The number of fused-ring (bicyclic) bond motifs is 1. The average molecular weight is 461 g/mol. The van der Waals surface area contributed by atoms with E-state index in [0.29, 0.717) is 22.8 Å². The fraction of sp³-hybridized carbons (Fsp3) is 0.238. The van der Waals surface area contributed by atoms with Crippen LogP contribution in [0, 0.1) is 0 Å². The lowest BCUT2D eigenvalue weighted by Crippen LogP contribution is -2.16. The zero-order valence-electron chi connectivity index (χ0n) is 16.5. The summed E-state index contributed by atoms with van der Waals surface area (Å²) in [4.78, 5) is 12.4. The highest BCUT2D eigenvalue weighted by Crippen LogP contribution is 2.37. The van der Waals surface area contributed by atoms with Crippen LogP contribution in [0.4, 0.5) is 0 Å². The minimum Gasteiger partial charge on any atom is -0.493 e. The third-order valence-corrected chi connectivity index (χ3v) is 4.53. The molecule has 3 rings (SSSR count). The lowest BCUT2D eigenvalue weighted by Gasteiger charge is -2.15. The Kier molecular flexibility index (Phi) is 6.43. The van der Waals surface area contributed by atoms with Gasteiger partial charge in [0.15, 0.2) is 28.6 Å². The second-order valence-electron chi connectivity index (χ2n) is 6.39. The number of methoxy groups -OCH3 is 2. The summed E-state index contributed by atoms with van der Waals surface area (Å²) in [5.74, 6) is 1.40. The molecule has 0 aliphatic heterocycles. The highest BCUT2D eigenvalue weighted by atomic mass is 79.9. The third kappa shape index (κ3) is 4.71. The molecule has 152 valence electrons. The highest BCUT2D eigenvalue weighted by Gasteiger charge is 2.15. The Balaban J connectivity index is 1.76. The smallest absolute Gasteiger partial charge is 0.307 e.